The van der Waals surface area contributed by atoms with Crippen molar-refractivity contribution >= 4 is 11.9 Å². The van der Waals surface area contributed by atoms with Crippen molar-refractivity contribution in [3.63, 3.8) is 0 Å². The topological polar surface area (TPSA) is 55.8 Å². The van der Waals surface area contributed by atoms with Crippen molar-refractivity contribution in [2.75, 3.05) is 6.61 Å². The third kappa shape index (κ3) is 2.92. The molecular formula is C18H23NO4. The summed E-state index contributed by atoms with van der Waals surface area (Å²) in [5, 5.41) is 0. The molecule has 3 unspecified atom stereocenters. The number of fused-ring (bicyclic) bond motifs is 3. The molecule has 1 saturated heterocycles. The second-order valence-electron chi connectivity index (χ2n) is 7.30. The predicted octanol–water partition coefficient (Wildman–Crippen LogP) is 3.33. The summed E-state index contributed by atoms with van der Waals surface area (Å²) in [6, 6.07) is 7.09. The Bertz CT molecular complexity index is 634. The molecule has 0 radical (unpaired) electrons. The van der Waals surface area contributed by atoms with E-state index < -0.39 is 17.7 Å². The fourth-order valence-electron chi connectivity index (χ4n) is 3.48. The van der Waals surface area contributed by atoms with Crippen molar-refractivity contribution in [1.82, 2.24) is 4.90 Å². The number of amides is 1. The number of rotatable bonds is 1. The first-order valence-corrected chi connectivity index (χ1v) is 8.01. The van der Waals surface area contributed by atoms with Crippen LogP contribution in [0.3, 0.4) is 0 Å². The normalized spacial score (nSPS) is 26.1. The summed E-state index contributed by atoms with van der Waals surface area (Å²) in [4.78, 5) is 26.5. The Kier molecular flexibility index (Phi) is 3.82. The van der Waals surface area contributed by atoms with E-state index >= 15 is 0 Å². The molecule has 0 bridgehead atoms. The van der Waals surface area contributed by atoms with Gasteiger partial charge in [0.2, 0.25) is 0 Å². The molecule has 2 aliphatic heterocycles. The summed E-state index contributed by atoms with van der Waals surface area (Å²) in [7, 11) is 0. The van der Waals surface area contributed by atoms with Crippen LogP contribution in [0.5, 0.6) is 5.75 Å². The van der Waals surface area contributed by atoms with Gasteiger partial charge in [-0.25, -0.2) is 4.79 Å². The quantitative estimate of drug-likeness (QED) is 0.797. The smallest absolute Gasteiger partial charge is 0.411 e. The zero-order valence-electron chi connectivity index (χ0n) is 14.0. The number of hydrogen-bond donors (Lipinski definition) is 0. The Morgan fingerprint density at radius 2 is 1.96 bits per heavy atom. The summed E-state index contributed by atoms with van der Waals surface area (Å²) in [6.45, 7) is 7.55. The fraction of sp³-hybridized carbons (Fsp3) is 0.556. The molecule has 2 aliphatic rings. The Morgan fingerprint density at radius 3 is 2.61 bits per heavy atom. The number of carbonyl (C=O) groups excluding carboxylic acids is 2. The monoisotopic (exact) mass is 317 g/mol. The van der Waals surface area contributed by atoms with E-state index in [2.05, 4.69) is 0 Å². The lowest BCUT2D eigenvalue weighted by Crippen LogP contribution is -2.44. The Hall–Kier alpha value is -2.04. The lowest BCUT2D eigenvalue weighted by Gasteiger charge is -2.35. The molecule has 0 aromatic heterocycles. The largest absolute Gasteiger partial charge is 0.493 e. The van der Waals surface area contributed by atoms with Crippen LogP contribution < -0.4 is 4.74 Å². The molecule has 1 amide bonds. The highest BCUT2D eigenvalue weighted by Crippen LogP contribution is 2.47. The van der Waals surface area contributed by atoms with Gasteiger partial charge in [-0.2, -0.15) is 0 Å². The van der Waals surface area contributed by atoms with Crippen molar-refractivity contribution in [3.05, 3.63) is 29.8 Å². The van der Waals surface area contributed by atoms with E-state index in [-0.39, 0.29) is 17.7 Å². The first-order chi connectivity index (χ1) is 10.8. The van der Waals surface area contributed by atoms with Gasteiger partial charge in [-0.15, -0.1) is 0 Å². The Labute approximate surface area is 136 Å². The summed E-state index contributed by atoms with van der Waals surface area (Å²) in [6.07, 6.45) is 0.190. The van der Waals surface area contributed by atoms with Crippen LogP contribution in [-0.2, 0) is 9.53 Å². The van der Waals surface area contributed by atoms with E-state index in [4.69, 9.17) is 9.47 Å². The standard InChI is InChI=1S/C18H23NO4/c1-11(20)14-9-12-10-22-15-8-6-5-7-13(15)16(12)19(14)17(21)23-18(2,3)4/h5-8,12,14,16H,9-10H2,1-4H3. The second kappa shape index (κ2) is 5.55. The molecular weight excluding hydrogens is 294 g/mol. The van der Waals surface area contributed by atoms with Crippen LogP contribution in [-0.4, -0.2) is 35.0 Å². The lowest BCUT2D eigenvalue weighted by molar-refractivity contribution is -0.121. The van der Waals surface area contributed by atoms with Crippen LogP contribution in [0, 0.1) is 5.92 Å². The third-order valence-electron chi connectivity index (χ3n) is 4.37. The van der Waals surface area contributed by atoms with Crippen LogP contribution in [0.15, 0.2) is 24.3 Å². The van der Waals surface area contributed by atoms with Crippen molar-refractivity contribution < 1.29 is 19.1 Å². The molecule has 3 atom stereocenters. The van der Waals surface area contributed by atoms with Crippen LogP contribution in [0.4, 0.5) is 4.79 Å². The molecule has 23 heavy (non-hydrogen) atoms. The molecule has 3 rings (SSSR count). The highest BCUT2D eigenvalue weighted by molar-refractivity contribution is 5.86. The predicted molar refractivity (Wildman–Crippen MR) is 85.3 cm³/mol. The molecule has 0 aliphatic carbocycles. The minimum atomic E-state index is -0.596. The molecule has 2 heterocycles. The van der Waals surface area contributed by atoms with Gasteiger partial charge in [-0.1, -0.05) is 18.2 Å². The Morgan fingerprint density at radius 1 is 1.26 bits per heavy atom. The van der Waals surface area contributed by atoms with E-state index in [1.54, 1.807) is 4.90 Å². The summed E-state index contributed by atoms with van der Waals surface area (Å²) < 4.78 is 11.4. The van der Waals surface area contributed by atoms with E-state index in [9.17, 15) is 9.59 Å². The van der Waals surface area contributed by atoms with Crippen LogP contribution in [0.1, 0.15) is 45.7 Å². The van der Waals surface area contributed by atoms with E-state index in [0.717, 1.165) is 11.3 Å². The van der Waals surface area contributed by atoms with Gasteiger partial charge in [0.1, 0.15) is 11.4 Å². The number of ketones is 1. The summed E-state index contributed by atoms with van der Waals surface area (Å²) in [5.41, 5.74) is 0.361. The molecule has 124 valence electrons. The first-order valence-electron chi connectivity index (χ1n) is 8.01. The molecule has 0 N–H and O–H groups in total. The maximum atomic E-state index is 12.8. The molecule has 0 saturated carbocycles. The SMILES string of the molecule is CC(=O)C1CC2COc3ccccc3C2N1C(=O)OC(C)(C)C. The fourth-order valence-corrected chi connectivity index (χ4v) is 3.48. The highest BCUT2D eigenvalue weighted by Gasteiger charge is 2.50. The number of ether oxygens (including phenoxy) is 2. The van der Waals surface area contributed by atoms with Crippen molar-refractivity contribution in [3.8, 4) is 5.75 Å². The van der Waals surface area contributed by atoms with E-state index in [0.29, 0.717) is 13.0 Å². The van der Waals surface area contributed by atoms with Gasteiger partial charge in [0, 0.05) is 11.5 Å². The van der Waals surface area contributed by atoms with Gasteiger partial charge >= 0.3 is 6.09 Å². The molecule has 5 heteroatoms. The minimum absolute atomic E-state index is 0.0114. The number of nitrogens with zero attached hydrogens (tertiary/aromatic N) is 1. The summed E-state index contributed by atoms with van der Waals surface area (Å²) in [5.74, 6) is 0.889. The zero-order valence-corrected chi connectivity index (χ0v) is 14.0. The third-order valence-corrected chi connectivity index (χ3v) is 4.37. The Balaban J connectivity index is 1.99. The molecule has 5 nitrogen and oxygen atoms in total. The van der Waals surface area contributed by atoms with Gasteiger partial charge in [-0.3, -0.25) is 9.69 Å². The number of carbonyl (C=O) groups is 2. The number of Topliss-reactive ketones (excluding diaryl/α,β-unsaturated/α-hetero) is 1. The maximum absolute atomic E-state index is 12.8. The van der Waals surface area contributed by atoms with Gasteiger partial charge in [0.05, 0.1) is 18.7 Å². The average Bonchev–Trinajstić information content (AvgIpc) is 2.85. The second-order valence-corrected chi connectivity index (χ2v) is 7.30. The minimum Gasteiger partial charge on any atom is -0.493 e. The molecule has 1 aromatic rings. The molecule has 1 fully saturated rings. The summed E-state index contributed by atoms with van der Waals surface area (Å²) >= 11 is 0. The van der Waals surface area contributed by atoms with Crippen molar-refractivity contribution in [1.29, 1.82) is 0 Å². The van der Waals surface area contributed by atoms with Gasteiger partial charge in [-0.05, 0) is 40.2 Å². The zero-order chi connectivity index (χ0) is 16.8. The van der Waals surface area contributed by atoms with Crippen molar-refractivity contribution in [2.24, 2.45) is 5.92 Å². The molecule has 1 aromatic carbocycles. The van der Waals surface area contributed by atoms with E-state index in [1.165, 1.54) is 6.92 Å². The number of hydrogen-bond acceptors (Lipinski definition) is 4. The van der Waals surface area contributed by atoms with Gasteiger partial charge < -0.3 is 9.47 Å². The van der Waals surface area contributed by atoms with Crippen LogP contribution in [0.25, 0.3) is 0 Å². The lowest BCUT2D eigenvalue weighted by atomic mass is 9.91. The van der Waals surface area contributed by atoms with Gasteiger partial charge in [0.15, 0.2) is 5.78 Å². The van der Waals surface area contributed by atoms with Gasteiger partial charge in [0.25, 0.3) is 0 Å². The number of likely N-dealkylation sites (tertiary alicyclic amines) is 1. The first kappa shape index (κ1) is 15.8. The number of benzene rings is 1. The van der Waals surface area contributed by atoms with Crippen LogP contribution in [0.2, 0.25) is 0 Å². The number of para-hydroxylation sites is 1. The average molecular weight is 317 g/mol. The maximum Gasteiger partial charge on any atom is 0.411 e. The van der Waals surface area contributed by atoms with Crippen molar-refractivity contribution in [2.45, 2.75) is 51.8 Å². The molecule has 0 spiro atoms. The highest BCUT2D eigenvalue weighted by atomic mass is 16.6. The van der Waals surface area contributed by atoms with Crippen LogP contribution >= 0.6 is 0 Å². The van der Waals surface area contributed by atoms with E-state index in [1.807, 2.05) is 45.0 Å².